The first-order valence-electron chi connectivity index (χ1n) is 22.2. The number of aromatic hydroxyl groups is 1. The molecular weight excluding hydrogens is 779 g/mol. The third-order valence-corrected chi connectivity index (χ3v) is 13.1. The number of piperazine rings is 1. The van der Waals surface area contributed by atoms with Gasteiger partial charge in [-0.3, -0.25) is 19.4 Å². The Morgan fingerprint density at radius 2 is 1.48 bits per heavy atom. The number of hydrogen-bond acceptors (Lipinski definition) is 11. The average molecular weight is 848 g/mol. The number of urea groups is 1. The molecule has 7 rings (SSSR count). The van der Waals surface area contributed by atoms with E-state index in [1.807, 2.05) is 60.0 Å². The third-order valence-electron chi connectivity index (χ3n) is 13.1. The van der Waals surface area contributed by atoms with Gasteiger partial charge in [0.25, 0.3) is 5.91 Å². The lowest BCUT2D eigenvalue weighted by Crippen LogP contribution is -2.56. The summed E-state index contributed by atoms with van der Waals surface area (Å²) in [6, 6.07) is 11.9. The van der Waals surface area contributed by atoms with E-state index in [9.17, 15) is 24.3 Å². The molecule has 15 nitrogen and oxygen atoms in total. The smallest absolute Gasteiger partial charge is 0.410 e. The zero-order valence-electron chi connectivity index (χ0n) is 35.7. The van der Waals surface area contributed by atoms with Gasteiger partial charge in [0, 0.05) is 96.2 Å². The standard InChI is InChI=1S/C45H65N7O8.CH4/c1-33-30-35(31-34(2)42(33)54)32-40(60-45(57)51-18-11-38(12-19-51)52-20-8-36-6-3-4-7-39(36)46-44(52)56)43(55)50-23-21-49(22-24-50)37-9-15-48(16-10-37)17-13-41(53)59-27-5-14-47-25-28-58-29-26-47;/h3-4,6-7,30-31,37-38,40,54H,5,8-29,32H2,1-2H3,(H,46,56);1H4/t40-;/m1./s1. The molecule has 15 heteroatoms. The van der Waals surface area contributed by atoms with Gasteiger partial charge in [-0.15, -0.1) is 0 Å². The zero-order valence-corrected chi connectivity index (χ0v) is 35.7. The van der Waals surface area contributed by atoms with Crippen LogP contribution in [0.4, 0.5) is 15.3 Å². The van der Waals surface area contributed by atoms with E-state index in [-0.39, 0.29) is 43.5 Å². The Morgan fingerprint density at radius 1 is 0.820 bits per heavy atom. The van der Waals surface area contributed by atoms with E-state index in [1.165, 1.54) is 0 Å². The molecule has 0 aromatic heterocycles. The second-order valence-electron chi connectivity index (χ2n) is 17.1. The van der Waals surface area contributed by atoms with Crippen LogP contribution in [0.15, 0.2) is 36.4 Å². The minimum Gasteiger partial charge on any atom is -0.507 e. The topological polar surface area (TPSA) is 148 Å². The second-order valence-corrected chi connectivity index (χ2v) is 17.1. The molecule has 4 fully saturated rings. The summed E-state index contributed by atoms with van der Waals surface area (Å²) in [4.78, 5) is 66.2. The summed E-state index contributed by atoms with van der Waals surface area (Å²) in [6.45, 7) is 15.1. The number of fused-ring (bicyclic) bond motifs is 1. The van der Waals surface area contributed by atoms with Crippen LogP contribution in [0.25, 0.3) is 0 Å². The van der Waals surface area contributed by atoms with Crippen LogP contribution in [0, 0.1) is 13.8 Å². The van der Waals surface area contributed by atoms with Crippen LogP contribution >= 0.6 is 0 Å². The molecule has 4 saturated heterocycles. The molecule has 0 spiro atoms. The van der Waals surface area contributed by atoms with E-state index in [0.29, 0.717) is 82.3 Å². The van der Waals surface area contributed by atoms with Crippen molar-refractivity contribution < 1.29 is 38.5 Å². The molecule has 0 bridgehead atoms. The van der Waals surface area contributed by atoms with Crippen molar-refractivity contribution >= 4 is 29.7 Å². The van der Waals surface area contributed by atoms with Gasteiger partial charge >= 0.3 is 18.1 Å². The van der Waals surface area contributed by atoms with Gasteiger partial charge in [-0.1, -0.05) is 37.8 Å². The van der Waals surface area contributed by atoms with E-state index >= 15 is 0 Å². The molecule has 0 aliphatic carbocycles. The number of carbonyl (C=O) groups excluding carboxylic acids is 4. The SMILES string of the molecule is C.Cc1cc(C[C@@H](OC(=O)N2CCC(N3CCc4ccccc4NC3=O)CC2)C(=O)N2CCN(C3CCN(CCC(=O)OCCCN4CCOCC4)CC3)CC2)cc(C)c1O. The van der Waals surface area contributed by atoms with E-state index in [2.05, 4.69) is 20.0 Å². The lowest BCUT2D eigenvalue weighted by Gasteiger charge is -2.43. The normalized spacial score (nSPS) is 20.6. The number of para-hydroxylation sites is 1. The first-order valence-corrected chi connectivity index (χ1v) is 22.2. The number of nitrogens with one attached hydrogen (secondary N) is 1. The second kappa shape index (κ2) is 22.1. The van der Waals surface area contributed by atoms with Crippen LogP contribution in [0.5, 0.6) is 5.75 Å². The largest absolute Gasteiger partial charge is 0.507 e. The summed E-state index contributed by atoms with van der Waals surface area (Å²) in [6.07, 6.45) is 3.95. The number of phenols is 1. The van der Waals surface area contributed by atoms with Crippen LogP contribution in [0.1, 0.15) is 68.2 Å². The van der Waals surface area contributed by atoms with Gasteiger partial charge in [0.2, 0.25) is 0 Å². The van der Waals surface area contributed by atoms with Gasteiger partial charge < -0.3 is 44.2 Å². The maximum Gasteiger partial charge on any atom is 0.410 e. The van der Waals surface area contributed by atoms with Gasteiger partial charge in [-0.2, -0.15) is 0 Å². The maximum absolute atomic E-state index is 14.2. The van der Waals surface area contributed by atoms with Gasteiger partial charge in [-0.05, 0) is 93.8 Å². The number of anilines is 1. The summed E-state index contributed by atoms with van der Waals surface area (Å²) in [5.41, 5.74) is 4.20. The highest BCUT2D eigenvalue weighted by molar-refractivity contribution is 5.91. The quantitative estimate of drug-likeness (QED) is 0.217. The van der Waals surface area contributed by atoms with Gasteiger partial charge in [-0.25, -0.2) is 9.59 Å². The fourth-order valence-electron chi connectivity index (χ4n) is 9.49. The number of carbonyl (C=O) groups is 4. The molecular formula is C46H69N7O8. The van der Waals surface area contributed by atoms with E-state index < -0.39 is 12.2 Å². The molecule has 61 heavy (non-hydrogen) atoms. The number of nitrogens with zero attached hydrogens (tertiary/aromatic N) is 6. The highest BCUT2D eigenvalue weighted by atomic mass is 16.6. The summed E-state index contributed by atoms with van der Waals surface area (Å²) in [7, 11) is 0. The number of esters is 1. The fourth-order valence-corrected chi connectivity index (χ4v) is 9.49. The Labute approximate surface area is 362 Å². The molecule has 1 atom stereocenters. The fraction of sp³-hybridized carbons (Fsp3) is 0.652. The highest BCUT2D eigenvalue weighted by Gasteiger charge is 2.36. The first-order chi connectivity index (χ1) is 29.1. The van der Waals surface area contributed by atoms with E-state index in [0.717, 1.165) is 102 Å². The van der Waals surface area contributed by atoms with Crippen LogP contribution < -0.4 is 5.32 Å². The Hall–Kier alpha value is -4.44. The summed E-state index contributed by atoms with van der Waals surface area (Å²) in [5, 5.41) is 13.5. The van der Waals surface area contributed by atoms with Crippen molar-refractivity contribution in [2.45, 2.75) is 90.8 Å². The molecule has 5 aliphatic rings. The summed E-state index contributed by atoms with van der Waals surface area (Å²) in [5.74, 6) is -0.113. The van der Waals surface area contributed by atoms with Crippen LogP contribution in [0.2, 0.25) is 0 Å². The molecule has 336 valence electrons. The molecule has 2 aromatic carbocycles. The number of likely N-dealkylation sites (tertiary alicyclic amines) is 2. The first kappa shape index (κ1) is 46.1. The van der Waals surface area contributed by atoms with Crippen molar-refractivity contribution in [3.63, 3.8) is 0 Å². The number of phenolic OH excluding ortho intramolecular Hbond substituents is 1. The van der Waals surface area contributed by atoms with Crippen molar-refractivity contribution in [3.8, 4) is 5.75 Å². The lowest BCUT2D eigenvalue weighted by molar-refractivity contribution is -0.145. The lowest BCUT2D eigenvalue weighted by atomic mass is 10.00. The van der Waals surface area contributed by atoms with E-state index in [1.54, 1.807) is 4.90 Å². The minimum absolute atomic E-state index is 0. The Bertz CT molecular complexity index is 1760. The van der Waals surface area contributed by atoms with Crippen LogP contribution in [0.3, 0.4) is 0 Å². The number of rotatable bonds is 13. The van der Waals surface area contributed by atoms with Crippen molar-refractivity contribution in [2.24, 2.45) is 0 Å². The number of ether oxygens (including phenoxy) is 3. The van der Waals surface area contributed by atoms with Crippen LogP contribution in [-0.4, -0.2) is 182 Å². The number of benzene rings is 2. The molecule has 0 unspecified atom stereocenters. The summed E-state index contributed by atoms with van der Waals surface area (Å²) >= 11 is 0. The number of aryl methyl sites for hydroxylation is 2. The molecule has 2 N–H and O–H groups in total. The predicted octanol–water partition coefficient (Wildman–Crippen LogP) is 4.51. The van der Waals surface area contributed by atoms with Crippen molar-refractivity contribution in [3.05, 3.63) is 58.7 Å². The minimum atomic E-state index is -1.01. The molecule has 2 aromatic rings. The Morgan fingerprint density at radius 3 is 2.18 bits per heavy atom. The molecule has 5 heterocycles. The summed E-state index contributed by atoms with van der Waals surface area (Å²) < 4.78 is 17.0. The van der Waals surface area contributed by atoms with Crippen molar-refractivity contribution in [1.82, 2.24) is 29.4 Å². The molecule has 5 aliphatic heterocycles. The van der Waals surface area contributed by atoms with Gasteiger partial charge in [0.05, 0.1) is 26.2 Å². The molecule has 0 radical (unpaired) electrons. The van der Waals surface area contributed by atoms with Gasteiger partial charge in [0.1, 0.15) is 5.75 Å². The average Bonchev–Trinajstić information content (AvgIpc) is 3.44. The number of piperidine rings is 2. The Kier molecular flexibility index (Phi) is 16.7. The van der Waals surface area contributed by atoms with Gasteiger partial charge in [0.15, 0.2) is 6.10 Å². The third kappa shape index (κ3) is 12.4. The van der Waals surface area contributed by atoms with Crippen LogP contribution in [-0.2, 0) is 36.6 Å². The number of hydrogen-bond donors (Lipinski definition) is 2. The van der Waals surface area contributed by atoms with E-state index in [4.69, 9.17) is 14.2 Å². The number of morpholine rings is 1. The predicted molar refractivity (Wildman–Crippen MR) is 234 cm³/mol. The number of amides is 4. The Balaban J connectivity index is 0.00000622. The zero-order chi connectivity index (χ0) is 42.0. The highest BCUT2D eigenvalue weighted by Crippen LogP contribution is 2.27. The maximum atomic E-state index is 14.2. The molecule has 0 saturated carbocycles. The molecule has 4 amide bonds. The monoisotopic (exact) mass is 848 g/mol. The van der Waals surface area contributed by atoms with Crippen molar-refractivity contribution in [1.29, 1.82) is 0 Å². The van der Waals surface area contributed by atoms with Crippen molar-refractivity contribution in [2.75, 3.05) is 110 Å².